The van der Waals surface area contributed by atoms with E-state index in [9.17, 15) is 4.79 Å². The van der Waals surface area contributed by atoms with Crippen molar-refractivity contribution in [3.63, 3.8) is 0 Å². The summed E-state index contributed by atoms with van der Waals surface area (Å²) in [6.07, 6.45) is 4.13. The monoisotopic (exact) mass is 348 g/mol. The Kier molecular flexibility index (Phi) is 6.03. The van der Waals surface area contributed by atoms with Gasteiger partial charge in [0.05, 0.1) is 24.6 Å². The average molecular weight is 349 g/mol. The summed E-state index contributed by atoms with van der Waals surface area (Å²) in [5, 5.41) is 14.0. The van der Waals surface area contributed by atoms with E-state index in [1.807, 2.05) is 12.1 Å². The lowest BCUT2D eigenvalue weighted by Crippen LogP contribution is -2.07. The van der Waals surface area contributed by atoms with Crippen LogP contribution in [0.5, 0.6) is 5.88 Å². The van der Waals surface area contributed by atoms with E-state index in [0.29, 0.717) is 22.7 Å². The number of aromatic nitrogens is 2. The zero-order valence-electron chi connectivity index (χ0n) is 13.3. The van der Waals surface area contributed by atoms with Gasteiger partial charge in [-0.3, -0.25) is 0 Å². The molecule has 1 aromatic carbocycles. The summed E-state index contributed by atoms with van der Waals surface area (Å²) in [7, 11) is 1.25. The zero-order valence-corrected chi connectivity index (χ0v) is 14.0. The van der Waals surface area contributed by atoms with Crippen molar-refractivity contribution in [2.75, 3.05) is 13.7 Å². The van der Waals surface area contributed by atoms with Crippen molar-refractivity contribution in [1.29, 1.82) is 0 Å². The number of benzene rings is 1. The van der Waals surface area contributed by atoms with Crippen LogP contribution in [0.2, 0.25) is 5.02 Å². The lowest BCUT2D eigenvalue weighted by molar-refractivity contribution is -0.135. The van der Waals surface area contributed by atoms with E-state index in [-0.39, 0.29) is 12.2 Å². The number of rotatable bonds is 6. The van der Waals surface area contributed by atoms with E-state index >= 15 is 0 Å². The number of carbonyl (C=O) groups is 1. The molecule has 0 aliphatic heterocycles. The molecule has 1 N–H and O–H groups in total. The molecule has 0 saturated carbocycles. The van der Waals surface area contributed by atoms with Crippen molar-refractivity contribution in [2.24, 2.45) is 0 Å². The van der Waals surface area contributed by atoms with Crippen molar-refractivity contribution in [3.8, 4) is 11.6 Å². The summed E-state index contributed by atoms with van der Waals surface area (Å²) < 4.78 is 11.8. The highest BCUT2D eigenvalue weighted by Crippen LogP contribution is 2.16. The van der Waals surface area contributed by atoms with Gasteiger partial charge in [0.1, 0.15) is 6.61 Å². The molecule has 1 heterocycles. The second kappa shape index (κ2) is 8.21. The smallest absolute Gasteiger partial charge is 0.341 e. The van der Waals surface area contributed by atoms with Gasteiger partial charge in [0.15, 0.2) is 0 Å². The van der Waals surface area contributed by atoms with Gasteiger partial charge in [0, 0.05) is 17.3 Å². The highest BCUT2D eigenvalue weighted by molar-refractivity contribution is 6.30. The van der Waals surface area contributed by atoms with Crippen LogP contribution < -0.4 is 4.74 Å². The number of esters is 1. The fourth-order valence-electron chi connectivity index (χ4n) is 1.91. The molecule has 0 atom stereocenters. The van der Waals surface area contributed by atoms with Crippen molar-refractivity contribution in [1.82, 2.24) is 9.78 Å². The maximum Gasteiger partial charge on any atom is 0.341 e. The summed E-state index contributed by atoms with van der Waals surface area (Å²) in [5.41, 5.74) is 1.48. The Bertz CT molecular complexity index is 763. The summed E-state index contributed by atoms with van der Waals surface area (Å²) in [4.78, 5) is 11.4. The SMILES string of the molecule is COC(=O)C(=C/O)/C(C)=C\COc1ccn(-c2ccc(Cl)cc2)n1. The maximum atomic E-state index is 11.4. The summed E-state index contributed by atoms with van der Waals surface area (Å²) in [6, 6.07) is 8.97. The van der Waals surface area contributed by atoms with Crippen molar-refractivity contribution >= 4 is 17.6 Å². The summed E-state index contributed by atoms with van der Waals surface area (Å²) >= 11 is 5.86. The Morgan fingerprint density at radius 1 is 1.33 bits per heavy atom. The van der Waals surface area contributed by atoms with Crippen molar-refractivity contribution in [3.05, 3.63) is 65.0 Å². The maximum absolute atomic E-state index is 11.4. The minimum atomic E-state index is -0.613. The summed E-state index contributed by atoms with van der Waals surface area (Å²) in [5.74, 6) is -0.181. The predicted octanol–water partition coefficient (Wildman–Crippen LogP) is 3.47. The highest BCUT2D eigenvalue weighted by Gasteiger charge is 2.11. The van der Waals surface area contributed by atoms with E-state index in [4.69, 9.17) is 21.4 Å². The average Bonchev–Trinajstić information content (AvgIpc) is 3.04. The number of methoxy groups -OCH3 is 1. The van der Waals surface area contributed by atoms with Crippen LogP contribution in [0.25, 0.3) is 5.69 Å². The third kappa shape index (κ3) is 4.39. The molecule has 2 aromatic rings. The van der Waals surface area contributed by atoms with Crippen LogP contribution in [-0.4, -0.2) is 34.6 Å². The molecule has 0 radical (unpaired) electrons. The number of nitrogens with zero attached hydrogens (tertiary/aromatic N) is 2. The number of ether oxygens (including phenoxy) is 2. The molecule has 0 spiro atoms. The molecule has 0 unspecified atom stereocenters. The first-order valence-corrected chi connectivity index (χ1v) is 7.47. The van der Waals surface area contributed by atoms with Gasteiger partial charge in [0.25, 0.3) is 0 Å². The Labute approximate surface area is 144 Å². The third-order valence-electron chi connectivity index (χ3n) is 3.24. The molecule has 7 heteroatoms. The van der Waals surface area contributed by atoms with Crippen molar-refractivity contribution in [2.45, 2.75) is 6.92 Å². The summed E-state index contributed by atoms with van der Waals surface area (Å²) in [6.45, 7) is 1.87. The molecule has 0 amide bonds. The Hall–Kier alpha value is -2.73. The Morgan fingerprint density at radius 3 is 2.67 bits per heavy atom. The van der Waals surface area contributed by atoms with Crippen molar-refractivity contribution < 1.29 is 19.4 Å². The molecule has 0 bridgehead atoms. The minimum absolute atomic E-state index is 0.0767. The quantitative estimate of drug-likeness (QED) is 0.374. The topological polar surface area (TPSA) is 73.6 Å². The van der Waals surface area contributed by atoms with Crippen LogP contribution in [0, 0.1) is 0 Å². The number of carbonyl (C=O) groups excluding carboxylic acids is 1. The van der Waals surface area contributed by atoms with Gasteiger partial charge in [-0.2, -0.15) is 0 Å². The highest BCUT2D eigenvalue weighted by atomic mass is 35.5. The first-order valence-electron chi connectivity index (χ1n) is 7.09. The predicted molar refractivity (Wildman–Crippen MR) is 90.6 cm³/mol. The fourth-order valence-corrected chi connectivity index (χ4v) is 2.04. The number of hydrogen-bond donors (Lipinski definition) is 1. The minimum Gasteiger partial charge on any atom is -0.515 e. The van der Waals surface area contributed by atoms with Gasteiger partial charge in [-0.1, -0.05) is 11.6 Å². The van der Waals surface area contributed by atoms with Gasteiger partial charge in [-0.15, -0.1) is 5.10 Å². The second-order valence-corrected chi connectivity index (χ2v) is 5.24. The lowest BCUT2D eigenvalue weighted by atomic mass is 10.1. The normalized spacial score (nSPS) is 12.1. The fraction of sp³-hybridized carbons (Fsp3) is 0.176. The number of aliphatic hydroxyl groups is 1. The van der Waals surface area contributed by atoms with Crippen LogP contribution in [0.1, 0.15) is 6.92 Å². The number of halogens is 1. The number of hydrogen-bond acceptors (Lipinski definition) is 5. The van der Waals surface area contributed by atoms with Crippen LogP contribution in [-0.2, 0) is 9.53 Å². The van der Waals surface area contributed by atoms with E-state index in [0.717, 1.165) is 5.69 Å². The van der Waals surface area contributed by atoms with Crippen LogP contribution in [0.4, 0.5) is 0 Å². The van der Waals surface area contributed by atoms with Gasteiger partial charge in [0.2, 0.25) is 5.88 Å². The van der Waals surface area contributed by atoms with Crippen LogP contribution >= 0.6 is 11.6 Å². The lowest BCUT2D eigenvalue weighted by Gasteiger charge is -2.05. The largest absolute Gasteiger partial charge is 0.515 e. The first kappa shape index (κ1) is 17.6. The molecule has 0 saturated heterocycles. The Balaban J connectivity index is 1.99. The van der Waals surface area contributed by atoms with Gasteiger partial charge in [-0.05, 0) is 42.8 Å². The van der Waals surface area contributed by atoms with E-state index < -0.39 is 5.97 Å². The van der Waals surface area contributed by atoms with E-state index in [1.54, 1.807) is 42.1 Å². The molecule has 126 valence electrons. The molecular weight excluding hydrogens is 332 g/mol. The van der Waals surface area contributed by atoms with Gasteiger partial charge < -0.3 is 14.6 Å². The molecule has 0 aliphatic rings. The molecule has 1 aromatic heterocycles. The Morgan fingerprint density at radius 2 is 2.04 bits per heavy atom. The molecular formula is C17H17ClN2O4. The van der Waals surface area contributed by atoms with Gasteiger partial charge in [-0.25, -0.2) is 9.48 Å². The molecule has 6 nitrogen and oxygen atoms in total. The van der Waals surface area contributed by atoms with Gasteiger partial charge >= 0.3 is 5.97 Å². The van der Waals surface area contributed by atoms with E-state index in [1.165, 1.54) is 7.11 Å². The molecule has 0 fully saturated rings. The molecule has 24 heavy (non-hydrogen) atoms. The van der Waals surface area contributed by atoms with E-state index in [2.05, 4.69) is 9.84 Å². The second-order valence-electron chi connectivity index (χ2n) is 4.81. The van der Waals surface area contributed by atoms with Crippen LogP contribution in [0.15, 0.2) is 60.0 Å². The van der Waals surface area contributed by atoms with Crippen LogP contribution in [0.3, 0.4) is 0 Å². The zero-order chi connectivity index (χ0) is 17.5. The third-order valence-corrected chi connectivity index (χ3v) is 3.49. The molecule has 2 rings (SSSR count). The molecule has 0 aliphatic carbocycles. The first-order chi connectivity index (χ1) is 11.5. The number of aliphatic hydroxyl groups excluding tert-OH is 1. The standard InChI is InChI=1S/C17H17ClN2O4/c1-12(15(11-21)17(22)23-2)8-10-24-16-7-9-20(19-16)14-5-3-13(18)4-6-14/h3-9,11,21H,10H2,1-2H3/b12-8-,15-11+.